The van der Waals surface area contributed by atoms with Gasteiger partial charge in [-0.05, 0) is 84.3 Å². The molecule has 3 heterocycles. The first-order valence-electron chi connectivity index (χ1n) is 12.8. The summed E-state index contributed by atoms with van der Waals surface area (Å²) in [7, 11) is 2.03. The fourth-order valence-electron chi connectivity index (χ4n) is 6.17. The number of nitriles is 1. The van der Waals surface area contributed by atoms with Crippen molar-refractivity contribution in [1.29, 1.82) is 5.26 Å². The molecule has 1 amide bonds. The quantitative estimate of drug-likeness (QED) is 0.555. The maximum absolute atomic E-state index is 14.7. The van der Waals surface area contributed by atoms with Crippen LogP contribution in [0.3, 0.4) is 0 Å². The average molecular weight is 497 g/mol. The predicted octanol–water partition coefficient (Wildman–Crippen LogP) is 4.95. The number of hydrogen-bond acceptors (Lipinski definition) is 5. The molecule has 3 aromatic carbocycles. The van der Waals surface area contributed by atoms with Gasteiger partial charge >= 0.3 is 0 Å². The van der Waals surface area contributed by atoms with Gasteiger partial charge in [-0.15, -0.1) is 0 Å². The zero-order chi connectivity index (χ0) is 25.7. The van der Waals surface area contributed by atoms with Crippen molar-refractivity contribution in [3.05, 3.63) is 71.5 Å². The Morgan fingerprint density at radius 2 is 1.76 bits per heavy atom. The molecule has 0 radical (unpaired) electrons. The Morgan fingerprint density at radius 1 is 1.03 bits per heavy atom. The molecule has 2 N–H and O–H groups in total. The zero-order valence-electron chi connectivity index (χ0n) is 20.8. The van der Waals surface area contributed by atoms with Gasteiger partial charge in [0.15, 0.2) is 0 Å². The largest absolute Gasteiger partial charge is 0.490 e. The molecule has 0 spiro atoms. The number of halogens is 1. The molecule has 6 rings (SSSR count). The van der Waals surface area contributed by atoms with Crippen LogP contribution in [-0.4, -0.2) is 49.1 Å². The molecule has 37 heavy (non-hydrogen) atoms. The maximum Gasteiger partial charge on any atom is 0.254 e. The van der Waals surface area contributed by atoms with Gasteiger partial charge in [-0.3, -0.25) is 4.79 Å². The minimum absolute atomic E-state index is 0.00304. The normalized spacial score (nSPS) is 22.3. The van der Waals surface area contributed by atoms with Crippen molar-refractivity contribution < 1.29 is 13.9 Å². The number of anilines is 1. The number of likely N-dealkylation sites (N-methyl/N-ethyl adjacent to an activating group) is 1. The van der Waals surface area contributed by atoms with Crippen LogP contribution < -0.4 is 15.4 Å². The van der Waals surface area contributed by atoms with Crippen LogP contribution in [0.15, 0.2) is 54.6 Å². The molecule has 3 aliphatic rings. The van der Waals surface area contributed by atoms with E-state index in [4.69, 9.17) is 10.5 Å². The van der Waals surface area contributed by atoms with E-state index in [1.165, 1.54) is 12.1 Å². The third-order valence-electron chi connectivity index (χ3n) is 8.04. The van der Waals surface area contributed by atoms with Crippen molar-refractivity contribution in [1.82, 2.24) is 4.90 Å². The van der Waals surface area contributed by atoms with Gasteiger partial charge in [-0.1, -0.05) is 18.2 Å². The number of benzene rings is 3. The molecule has 2 fully saturated rings. The van der Waals surface area contributed by atoms with Crippen molar-refractivity contribution in [2.75, 3.05) is 25.1 Å². The summed E-state index contributed by atoms with van der Waals surface area (Å²) in [4.78, 5) is 17.9. The van der Waals surface area contributed by atoms with Gasteiger partial charge in [0.1, 0.15) is 24.2 Å². The highest BCUT2D eigenvalue weighted by Gasteiger charge is 2.42. The topological polar surface area (TPSA) is 82.6 Å². The molecule has 2 saturated heterocycles. The number of carbonyl (C=O) groups excluding carboxylic acids is 1. The van der Waals surface area contributed by atoms with Gasteiger partial charge in [-0.25, -0.2) is 4.39 Å². The van der Waals surface area contributed by atoms with E-state index in [0.29, 0.717) is 17.7 Å². The molecule has 0 unspecified atom stereocenters. The van der Waals surface area contributed by atoms with E-state index in [-0.39, 0.29) is 29.6 Å². The van der Waals surface area contributed by atoms with Gasteiger partial charge in [0, 0.05) is 30.7 Å². The minimum Gasteiger partial charge on any atom is -0.490 e. The lowest BCUT2D eigenvalue weighted by atomic mass is 9.91. The van der Waals surface area contributed by atoms with E-state index in [0.717, 1.165) is 60.4 Å². The van der Waals surface area contributed by atoms with Crippen molar-refractivity contribution in [3.63, 3.8) is 0 Å². The van der Waals surface area contributed by atoms with Crippen LogP contribution in [0.2, 0.25) is 0 Å². The highest BCUT2D eigenvalue weighted by atomic mass is 19.1. The second kappa shape index (κ2) is 9.20. The van der Waals surface area contributed by atoms with Crippen molar-refractivity contribution in [2.45, 2.75) is 43.8 Å². The molecule has 0 saturated carbocycles. The van der Waals surface area contributed by atoms with E-state index >= 15 is 0 Å². The van der Waals surface area contributed by atoms with Gasteiger partial charge in [0.2, 0.25) is 0 Å². The molecular formula is C30H29FN4O2. The third kappa shape index (κ3) is 4.11. The summed E-state index contributed by atoms with van der Waals surface area (Å²) in [6, 6.07) is 18.7. The van der Waals surface area contributed by atoms with Gasteiger partial charge < -0.3 is 20.3 Å². The number of nitrogens with zero attached hydrogens (tertiary/aromatic N) is 3. The third-order valence-corrected chi connectivity index (χ3v) is 8.04. The van der Waals surface area contributed by atoms with E-state index in [1.54, 1.807) is 6.07 Å². The Bertz CT molecular complexity index is 1420. The number of fused-ring (bicyclic) bond motifs is 3. The number of rotatable bonds is 3. The van der Waals surface area contributed by atoms with Crippen molar-refractivity contribution in [3.8, 4) is 34.1 Å². The fraction of sp³-hybridized carbons (Fsp3) is 0.333. The lowest BCUT2D eigenvalue weighted by Crippen LogP contribution is -2.50. The number of amides is 1. The van der Waals surface area contributed by atoms with Gasteiger partial charge in [-0.2, -0.15) is 5.26 Å². The fourth-order valence-corrected chi connectivity index (χ4v) is 6.17. The number of nitrogens with two attached hydrogens (primary N) is 1. The molecular weight excluding hydrogens is 467 g/mol. The summed E-state index contributed by atoms with van der Waals surface area (Å²) < 4.78 is 20.6. The lowest BCUT2D eigenvalue weighted by molar-refractivity contribution is 0.0575. The molecule has 7 heteroatoms. The van der Waals surface area contributed by atoms with Gasteiger partial charge in [0.25, 0.3) is 5.91 Å². The minimum atomic E-state index is -0.582. The summed E-state index contributed by atoms with van der Waals surface area (Å²) >= 11 is 0. The Hall–Kier alpha value is -3.89. The molecule has 3 aromatic rings. The molecule has 188 valence electrons. The highest BCUT2D eigenvalue weighted by molar-refractivity contribution is 5.98. The summed E-state index contributed by atoms with van der Waals surface area (Å²) in [6.07, 6.45) is 3.63. The molecule has 3 aliphatic heterocycles. The van der Waals surface area contributed by atoms with Crippen LogP contribution in [0, 0.1) is 17.1 Å². The number of hydrogen-bond donors (Lipinski definition) is 1. The number of ether oxygens (including phenoxy) is 1. The Kier molecular flexibility index (Phi) is 5.85. The second-order valence-electron chi connectivity index (χ2n) is 10.3. The second-order valence-corrected chi connectivity index (χ2v) is 10.3. The first kappa shape index (κ1) is 23.5. The predicted molar refractivity (Wildman–Crippen MR) is 141 cm³/mol. The SMILES string of the molecule is CN1CCOc2cc(-c3ccc(C(=O)N4[C@@H]5CC[C@H]4C[C@@H](N)C5)cc3-c3ccc(C#N)c(F)c3)ccc21. The van der Waals surface area contributed by atoms with Gasteiger partial charge in [0.05, 0.1) is 17.8 Å². The van der Waals surface area contributed by atoms with E-state index in [2.05, 4.69) is 4.90 Å². The molecule has 0 aliphatic carbocycles. The molecule has 3 atom stereocenters. The van der Waals surface area contributed by atoms with Crippen LogP contribution in [0.25, 0.3) is 22.3 Å². The number of carbonyl (C=O) groups is 1. The Labute approximate surface area is 216 Å². The maximum atomic E-state index is 14.7. The lowest BCUT2D eigenvalue weighted by Gasteiger charge is -2.38. The zero-order valence-corrected chi connectivity index (χ0v) is 20.8. The first-order valence-corrected chi connectivity index (χ1v) is 12.8. The van der Waals surface area contributed by atoms with E-state index in [9.17, 15) is 14.4 Å². The van der Waals surface area contributed by atoms with E-state index < -0.39 is 5.82 Å². The van der Waals surface area contributed by atoms with Crippen molar-refractivity contribution in [2.24, 2.45) is 5.73 Å². The molecule has 6 nitrogen and oxygen atoms in total. The van der Waals surface area contributed by atoms with Crippen LogP contribution in [0.5, 0.6) is 5.75 Å². The molecule has 2 bridgehead atoms. The summed E-state index contributed by atoms with van der Waals surface area (Å²) in [5, 5.41) is 9.21. The average Bonchev–Trinajstić information content (AvgIpc) is 3.18. The highest BCUT2D eigenvalue weighted by Crippen LogP contribution is 2.41. The van der Waals surface area contributed by atoms with E-state index in [1.807, 2.05) is 54.4 Å². The van der Waals surface area contributed by atoms with Crippen LogP contribution in [0.4, 0.5) is 10.1 Å². The van der Waals surface area contributed by atoms with Crippen LogP contribution >= 0.6 is 0 Å². The Morgan fingerprint density at radius 3 is 2.49 bits per heavy atom. The summed E-state index contributed by atoms with van der Waals surface area (Å²) in [6.45, 7) is 1.43. The number of piperidine rings is 1. The summed E-state index contributed by atoms with van der Waals surface area (Å²) in [5.74, 6) is 0.211. The standard InChI is InChI=1S/C30H29FN4O2/c1-34-10-11-37-29-14-19(5-9-28(29)34)25-8-4-20(12-26(25)18-2-3-21(17-32)27(31)13-18)30(36)35-23-6-7-24(35)16-22(33)15-23/h2-5,8-9,12-14,22-24H,6-7,10-11,15-16,33H2,1H3/t22-,23+,24-. The first-order chi connectivity index (χ1) is 17.9. The monoisotopic (exact) mass is 496 g/mol. The Balaban J connectivity index is 1.45. The van der Waals surface area contributed by atoms with Crippen LogP contribution in [-0.2, 0) is 0 Å². The van der Waals surface area contributed by atoms with Crippen LogP contribution in [0.1, 0.15) is 41.6 Å². The molecule has 0 aromatic heterocycles. The summed E-state index contributed by atoms with van der Waals surface area (Å²) in [5.41, 5.74) is 10.9. The smallest absolute Gasteiger partial charge is 0.254 e. The van der Waals surface area contributed by atoms with Crippen molar-refractivity contribution >= 4 is 11.6 Å².